The minimum Gasteiger partial charge on any atom is -0.394 e. The van der Waals surface area contributed by atoms with Gasteiger partial charge in [-0.2, -0.15) is 48.8 Å². The first kappa shape index (κ1) is 93.7. The molecule has 21 heterocycles. The summed E-state index contributed by atoms with van der Waals surface area (Å²) in [7, 11) is 1.47. The van der Waals surface area contributed by atoms with Crippen LogP contribution in [0.3, 0.4) is 0 Å². The van der Waals surface area contributed by atoms with Gasteiger partial charge in [-0.05, 0) is 14.0 Å². The van der Waals surface area contributed by atoms with Gasteiger partial charge >= 0.3 is 5.97 Å². The van der Waals surface area contributed by atoms with Crippen molar-refractivity contribution in [3.05, 3.63) is 0 Å². The summed E-state index contributed by atoms with van der Waals surface area (Å²) in [6.45, 7) is -3.73. The maximum absolute atomic E-state index is 13.7. The molecule has 43 nitrogen and oxygen atoms in total. The zero-order valence-electron chi connectivity index (χ0n) is 59.7. The fraction of sp³-hybridized carbons (Fsp3) is 0.937. The average Bonchev–Trinajstić information content (AvgIpc) is 0.752. The number of thioether (sulfide) groups is 2. The van der Waals surface area contributed by atoms with E-state index in [1.807, 2.05) is 0 Å². The number of aliphatic hydroxyl groups excluding tert-OH is 19. The molecule has 23 N–H and O–H groups in total. The summed E-state index contributed by atoms with van der Waals surface area (Å²) in [5, 5.41) is 239. The summed E-state index contributed by atoms with van der Waals surface area (Å²) in [6.07, 6.45) is -72.9. The summed E-state index contributed by atoms with van der Waals surface area (Å²) in [6, 6.07) is -0.917. The Kier molecular flexibility index (Phi) is 37.7. The van der Waals surface area contributed by atoms with Crippen LogP contribution >= 0.6 is 48.8 Å². The number of amides is 2. The van der Waals surface area contributed by atoms with Crippen molar-refractivity contribution >= 4 is 72.2 Å². The number of aliphatic hydroxyl groups is 20. The van der Waals surface area contributed by atoms with Crippen LogP contribution in [0.25, 0.3) is 0 Å². The second kappa shape index (κ2) is 44.3. The molecule has 37 atom stereocenters. The molecule has 21 aliphatic heterocycles. The van der Waals surface area contributed by atoms with Gasteiger partial charge in [0.1, 0.15) is 164 Å². The van der Waals surface area contributed by atoms with E-state index < -0.39 is 289 Å². The van der Waals surface area contributed by atoms with Crippen LogP contribution < -0.4 is 16.0 Å². The van der Waals surface area contributed by atoms with Crippen LogP contribution in [-0.2, 0) is 95.0 Å². The summed E-state index contributed by atoms with van der Waals surface area (Å²) >= 11 is 10.1. The monoisotopic (exact) mass is 1670 g/mol. The Hall–Kier alpha value is -1.80. The summed E-state index contributed by atoms with van der Waals surface area (Å²) < 4.78 is 93.7. The molecule has 110 heavy (non-hydrogen) atoms. The third-order valence-corrected chi connectivity index (χ3v) is 22.3. The maximum atomic E-state index is 13.7. The first-order valence-corrected chi connectivity index (χ1v) is 39.3. The van der Waals surface area contributed by atoms with Gasteiger partial charge in [0.25, 0.3) is 0 Å². The Bertz CT molecular complexity index is 2800. The minimum absolute atomic E-state index is 0.0602. The van der Waals surface area contributed by atoms with Crippen LogP contribution in [0.5, 0.6) is 0 Å². The molecule has 0 saturated carbocycles. The van der Waals surface area contributed by atoms with E-state index in [1.54, 1.807) is 0 Å². The highest BCUT2D eigenvalue weighted by Crippen LogP contribution is 2.42. The van der Waals surface area contributed by atoms with Gasteiger partial charge in [0.15, 0.2) is 43.8 Å². The number of nitrogens with one attached hydrogen (secondary N) is 3. The Morgan fingerprint density at radius 3 is 1.10 bits per heavy atom. The Labute approximate surface area is 649 Å². The van der Waals surface area contributed by atoms with E-state index in [2.05, 4.69) is 41.2 Å². The molecule has 0 aliphatic carbocycles. The first-order valence-electron chi connectivity index (χ1n) is 35.7. The second-order valence-electron chi connectivity index (χ2n) is 27.3. The highest BCUT2D eigenvalue weighted by atomic mass is 32.2. The summed E-state index contributed by atoms with van der Waals surface area (Å²) in [5.74, 6) is -6.79. The average molecular weight is 1670 g/mol. The van der Waals surface area contributed by atoms with Gasteiger partial charge in [0.2, 0.25) is 11.8 Å². The quantitative estimate of drug-likeness (QED) is 0.0226. The molecule has 21 fully saturated rings. The van der Waals surface area contributed by atoms with Crippen LogP contribution in [0.1, 0.15) is 26.2 Å². The van der Waals surface area contributed by atoms with Gasteiger partial charge in [-0.25, -0.2) is 0 Å². The van der Waals surface area contributed by atoms with Crippen molar-refractivity contribution in [2.45, 2.75) is 247 Å². The zero-order valence-corrected chi connectivity index (χ0v) is 63.2. The molecule has 16 unspecified atom stereocenters. The highest BCUT2D eigenvalue weighted by Gasteiger charge is 2.63. The number of hydrogen-bond acceptors (Lipinski definition) is 45. The van der Waals surface area contributed by atoms with Crippen LogP contribution in [-0.4, -0.2) is 460 Å². The number of carbonyl (C=O) groups is 4. The number of ketones is 2. The molecule has 21 saturated heterocycles. The van der Waals surface area contributed by atoms with E-state index in [0.29, 0.717) is 0 Å². The largest absolute Gasteiger partial charge is 0.394 e. The van der Waals surface area contributed by atoms with Crippen molar-refractivity contribution < 1.29 is 197 Å². The van der Waals surface area contributed by atoms with Crippen molar-refractivity contribution in [1.82, 2.24) is 16.0 Å². The van der Waals surface area contributed by atoms with E-state index in [4.69, 9.17) is 75.8 Å². The lowest BCUT2D eigenvalue weighted by molar-refractivity contribution is -0.480. The molecule has 638 valence electrons. The molecule has 14 bridgehead atoms. The van der Waals surface area contributed by atoms with Crippen molar-refractivity contribution in [2.75, 3.05) is 114 Å². The van der Waals surface area contributed by atoms with Gasteiger partial charge in [-0.3, -0.25) is 19.2 Å². The van der Waals surface area contributed by atoms with Crippen molar-refractivity contribution in [2.24, 2.45) is 5.92 Å². The predicted molar refractivity (Wildman–Crippen MR) is 371 cm³/mol. The molecule has 21 aliphatic rings. The molecule has 47 heteroatoms. The highest BCUT2D eigenvalue weighted by molar-refractivity contribution is 7.99. The smallest absolute Gasteiger partial charge is 0.311 e. The van der Waals surface area contributed by atoms with Crippen molar-refractivity contribution in [1.29, 1.82) is 0 Å². The molecule has 0 aromatic heterocycles. The third kappa shape index (κ3) is 23.2. The molecule has 0 aromatic rings. The van der Waals surface area contributed by atoms with Gasteiger partial charge in [0, 0.05) is 66.9 Å². The summed E-state index contributed by atoms with van der Waals surface area (Å²) in [4.78, 5) is 51.3. The van der Waals surface area contributed by atoms with Crippen molar-refractivity contribution in [3.8, 4) is 0 Å². The van der Waals surface area contributed by atoms with Gasteiger partial charge in [-0.1, -0.05) is 0 Å². The predicted octanol–water partition coefficient (Wildman–Crippen LogP) is -13.8. The summed E-state index contributed by atoms with van der Waals surface area (Å²) in [5.41, 5.74) is 0. The van der Waals surface area contributed by atoms with E-state index in [-0.39, 0.29) is 87.6 Å². The van der Waals surface area contributed by atoms with E-state index in [1.165, 1.54) is 14.0 Å². The lowest BCUT2D eigenvalue weighted by atomic mass is 9.94. The van der Waals surface area contributed by atoms with Crippen molar-refractivity contribution in [3.63, 3.8) is 0 Å². The zero-order chi connectivity index (χ0) is 80.6. The van der Waals surface area contributed by atoms with E-state index >= 15 is 0 Å². The maximum Gasteiger partial charge on any atom is 0.311 e. The molecule has 2 amide bonds. The molecular weight excluding hydrogens is 1570 g/mol. The number of carbonyl (C=O) groups excluding carboxylic acids is 4. The van der Waals surface area contributed by atoms with Gasteiger partial charge in [0.05, 0.1) is 83.6 Å². The fourth-order valence-corrected chi connectivity index (χ4v) is 15.9. The number of ether oxygens (including phenoxy) is 16. The van der Waals surface area contributed by atoms with Crippen LogP contribution in [0.4, 0.5) is 0 Å². The standard InChI is InChI=1S/C63H107N3O40S4/c1-23(72)3-7-91-9-10-92-8-4-25(73)13-24(55(88)65-5-11-107)19-109-21-32-52-38(78)44(84)61(97-32)101-49-30(17-70)95-59(42(82)36(49)76)103-51-31(18-71)105-63(90,54(87)46(51)86)106-53-33(22-110-20-26(64-2)56(89)66-6-12-108)98-62(45(85)39(53)79)102-50-29(16-69)94-58(41(81)35(50)75)99-47-27(14-67)93-57(40(80)34(47)74)100-48-28(15-68)96-60(104-52)43(83)37(48)77/h24,26-54,57-62,64,67-71,74-87,90,107-108H,3-22H2,1-2H3,(H,65,88)(H,66,89)/t24?,26?,27?,28?,29?,30?,31?,32?,33?,34-,35-,36-,37-,38-,39-,40?,41?,42?,43?,44?,45?,46+,47-,48-,49-,50-,51-,52-,53-,54?,57-,58-,59-,60-,61-,62-,63-/m1/s1. The van der Waals surface area contributed by atoms with Gasteiger partial charge in [-0.15, -0.1) is 0 Å². The lowest BCUT2D eigenvalue weighted by Crippen LogP contribution is -2.71. The lowest BCUT2D eigenvalue weighted by Gasteiger charge is -2.52. The van der Waals surface area contributed by atoms with Crippen LogP contribution in [0, 0.1) is 5.92 Å². The topological polar surface area (TPSA) is 657 Å². The molecule has 0 spiro atoms. The van der Waals surface area contributed by atoms with Gasteiger partial charge < -0.3 is 194 Å². The number of hydrogen-bond donors (Lipinski definition) is 25. The number of likely N-dealkylation sites (N-methyl/N-ethyl adjacent to an activating group) is 1. The SMILES string of the molecule is CNC(CSCC1O[C@@H]2O[C@@H]3C(CO)O[C@H](O[C@@H]4C(CO)O[C@H](O[C@@H]5C(CO)O[C@H](O[C@@H]6C(CSCC(CC(=O)CCOCCOCCC(C)=O)C(=O)NCCS)O[C@H](O[C@@H]7C(CO)O[C@H](O[C@@H]8C(CO)O[C@@](O)(O[C@H]1[C@H](O)C2O)C(O)[C@H]8O)C(O)[C@H]7O)C(O)[C@H]6O)C(O)[C@H]5O)C(O)[C@H]4O)C(O)[C@H]3O)C(=O)NCCS. The minimum atomic E-state index is -3.56. The number of Topliss-reactive ketones (excluding diaryl/α,β-unsaturated/α-hetero) is 2. The van der Waals surface area contributed by atoms with E-state index in [9.17, 15) is 121 Å². The second-order valence-corrected chi connectivity index (χ2v) is 30.3. The Morgan fingerprint density at radius 1 is 0.409 bits per heavy atom. The number of rotatable bonds is 31. The molecule has 0 radical (unpaired) electrons. The molecular formula is C63H107N3O40S4. The Morgan fingerprint density at radius 2 is 0.736 bits per heavy atom. The van der Waals surface area contributed by atoms with Crippen LogP contribution in [0.2, 0.25) is 0 Å². The molecule has 21 rings (SSSR count). The fourth-order valence-electron chi connectivity index (χ4n) is 13.3. The Balaban J connectivity index is 1.10. The molecule has 0 aromatic carbocycles. The van der Waals surface area contributed by atoms with E-state index in [0.717, 1.165) is 23.5 Å². The normalized spacial score (nSPS) is 43.4. The first-order chi connectivity index (χ1) is 52.4. The van der Waals surface area contributed by atoms with Crippen LogP contribution in [0.15, 0.2) is 0 Å². The number of thiol groups is 2. The third-order valence-electron chi connectivity index (χ3n) is 19.5.